The van der Waals surface area contributed by atoms with Crippen molar-refractivity contribution in [3.05, 3.63) is 70.4 Å². The minimum absolute atomic E-state index is 0.173. The maximum atomic E-state index is 12.5. The van der Waals surface area contributed by atoms with E-state index in [0.29, 0.717) is 16.3 Å². The number of nitrogens with zero attached hydrogens (tertiary/aromatic N) is 1. The quantitative estimate of drug-likeness (QED) is 0.547. The number of nitrogens with one attached hydrogen (secondary N) is 1. The van der Waals surface area contributed by atoms with Gasteiger partial charge in [0.15, 0.2) is 6.61 Å². The molecular formula is C22H19N3O5S. The van der Waals surface area contributed by atoms with Crippen molar-refractivity contribution in [3.63, 3.8) is 0 Å². The van der Waals surface area contributed by atoms with Crippen LogP contribution in [-0.4, -0.2) is 29.4 Å². The maximum absolute atomic E-state index is 12.5. The Labute approximate surface area is 182 Å². The van der Waals surface area contributed by atoms with Crippen molar-refractivity contribution in [2.45, 2.75) is 19.3 Å². The van der Waals surface area contributed by atoms with E-state index in [9.17, 15) is 14.4 Å². The fourth-order valence-corrected chi connectivity index (χ4v) is 4.69. The van der Waals surface area contributed by atoms with Gasteiger partial charge in [0.2, 0.25) is 0 Å². The monoisotopic (exact) mass is 437 g/mol. The number of carbonyl (C=O) groups excluding carboxylic acids is 3. The zero-order valence-electron chi connectivity index (χ0n) is 16.4. The third kappa shape index (κ3) is 4.56. The third-order valence-corrected chi connectivity index (χ3v) is 5.93. The summed E-state index contributed by atoms with van der Waals surface area (Å²) < 4.78 is 10.9. The van der Waals surface area contributed by atoms with Crippen molar-refractivity contribution in [3.8, 4) is 11.5 Å². The molecule has 3 aromatic rings. The number of thiophene rings is 1. The number of anilines is 1. The fraction of sp³-hybridized carbons (Fsp3) is 0.182. The van der Waals surface area contributed by atoms with Crippen molar-refractivity contribution >= 4 is 34.1 Å². The number of hydrogen-bond acceptors (Lipinski definition) is 7. The minimum atomic E-state index is -0.710. The van der Waals surface area contributed by atoms with Crippen LogP contribution < -0.4 is 15.8 Å². The number of aryl methyl sites for hydroxylation is 1. The highest BCUT2D eigenvalue weighted by Crippen LogP contribution is 2.38. The number of esters is 1. The van der Waals surface area contributed by atoms with Crippen LogP contribution >= 0.6 is 11.3 Å². The average Bonchev–Trinajstić information content (AvgIpc) is 3.33. The molecule has 0 radical (unpaired) electrons. The SMILES string of the molecule is NC(=O)c1c(NC(=O)COC(=O)c2ccccc2Oc2cccnc2)sc2c1CCC2. The Morgan fingerprint density at radius 3 is 2.74 bits per heavy atom. The Bertz CT molecular complexity index is 1140. The number of ether oxygens (including phenoxy) is 2. The molecule has 4 rings (SSSR count). The van der Waals surface area contributed by atoms with Gasteiger partial charge >= 0.3 is 5.97 Å². The third-order valence-electron chi connectivity index (χ3n) is 4.72. The lowest BCUT2D eigenvalue weighted by Crippen LogP contribution is -2.23. The van der Waals surface area contributed by atoms with Crippen LogP contribution in [0.15, 0.2) is 48.8 Å². The van der Waals surface area contributed by atoms with Gasteiger partial charge in [-0.05, 0) is 49.1 Å². The van der Waals surface area contributed by atoms with Crippen molar-refractivity contribution < 1.29 is 23.9 Å². The summed E-state index contributed by atoms with van der Waals surface area (Å²) in [6.07, 6.45) is 5.72. The summed E-state index contributed by atoms with van der Waals surface area (Å²) in [6, 6.07) is 9.96. The van der Waals surface area contributed by atoms with E-state index in [2.05, 4.69) is 10.3 Å². The molecule has 9 heteroatoms. The lowest BCUT2D eigenvalue weighted by atomic mass is 10.1. The molecule has 0 saturated carbocycles. The average molecular weight is 437 g/mol. The lowest BCUT2D eigenvalue weighted by molar-refractivity contribution is -0.119. The van der Waals surface area contributed by atoms with Gasteiger partial charge in [0, 0.05) is 11.1 Å². The Morgan fingerprint density at radius 2 is 1.97 bits per heavy atom. The molecule has 158 valence electrons. The maximum Gasteiger partial charge on any atom is 0.342 e. The van der Waals surface area contributed by atoms with Crippen LogP contribution in [-0.2, 0) is 22.4 Å². The fourth-order valence-electron chi connectivity index (χ4n) is 3.38. The molecule has 2 amide bonds. The second-order valence-corrected chi connectivity index (χ2v) is 7.94. The summed E-state index contributed by atoms with van der Waals surface area (Å²) in [6.45, 7) is -0.513. The Kier molecular flexibility index (Phi) is 5.94. The normalized spacial score (nSPS) is 12.1. The van der Waals surface area contributed by atoms with Gasteiger partial charge in [0.05, 0.1) is 11.8 Å². The summed E-state index contributed by atoms with van der Waals surface area (Å²) in [5.41, 5.74) is 6.93. The molecule has 1 aliphatic carbocycles. The van der Waals surface area contributed by atoms with Crippen LogP contribution in [0.1, 0.15) is 37.6 Å². The van der Waals surface area contributed by atoms with Gasteiger partial charge in [-0.15, -0.1) is 11.3 Å². The lowest BCUT2D eigenvalue weighted by Gasteiger charge is -2.11. The predicted octanol–water partition coefficient (Wildman–Crippen LogP) is 3.32. The van der Waals surface area contributed by atoms with Gasteiger partial charge in [-0.25, -0.2) is 4.79 Å². The van der Waals surface area contributed by atoms with E-state index in [0.717, 1.165) is 29.7 Å². The van der Waals surface area contributed by atoms with Crippen molar-refractivity contribution in [2.75, 3.05) is 11.9 Å². The number of fused-ring (bicyclic) bond motifs is 1. The van der Waals surface area contributed by atoms with Gasteiger partial charge < -0.3 is 20.5 Å². The van der Waals surface area contributed by atoms with Gasteiger partial charge in [-0.1, -0.05) is 12.1 Å². The predicted molar refractivity (Wildman–Crippen MR) is 115 cm³/mol. The van der Waals surface area contributed by atoms with Crippen LogP contribution in [0.3, 0.4) is 0 Å². The van der Waals surface area contributed by atoms with E-state index in [1.807, 2.05) is 0 Å². The number of pyridine rings is 1. The van der Waals surface area contributed by atoms with E-state index in [-0.39, 0.29) is 11.3 Å². The first kappa shape index (κ1) is 20.5. The number of carbonyl (C=O) groups is 3. The largest absolute Gasteiger partial charge is 0.455 e. The van der Waals surface area contributed by atoms with E-state index in [1.165, 1.54) is 17.5 Å². The molecule has 8 nitrogen and oxygen atoms in total. The summed E-state index contributed by atoms with van der Waals surface area (Å²) in [7, 11) is 0. The number of para-hydroxylation sites is 1. The van der Waals surface area contributed by atoms with Crippen molar-refractivity contribution in [1.29, 1.82) is 0 Å². The van der Waals surface area contributed by atoms with Crippen LogP contribution in [0.25, 0.3) is 0 Å². The zero-order valence-corrected chi connectivity index (χ0v) is 17.2. The molecule has 1 aliphatic rings. The first-order valence-electron chi connectivity index (χ1n) is 9.61. The van der Waals surface area contributed by atoms with Crippen LogP contribution in [0.5, 0.6) is 11.5 Å². The van der Waals surface area contributed by atoms with Gasteiger partial charge in [0.25, 0.3) is 11.8 Å². The van der Waals surface area contributed by atoms with Crippen molar-refractivity contribution in [1.82, 2.24) is 4.98 Å². The van der Waals surface area contributed by atoms with Crippen LogP contribution in [0.4, 0.5) is 5.00 Å². The molecule has 0 aliphatic heterocycles. The second-order valence-electron chi connectivity index (χ2n) is 6.84. The van der Waals surface area contributed by atoms with E-state index >= 15 is 0 Å². The molecular weight excluding hydrogens is 418 g/mol. The zero-order chi connectivity index (χ0) is 21.8. The molecule has 1 aromatic carbocycles. The molecule has 0 atom stereocenters. The smallest absolute Gasteiger partial charge is 0.342 e. The number of benzene rings is 1. The molecule has 0 spiro atoms. The highest BCUT2D eigenvalue weighted by Gasteiger charge is 2.26. The topological polar surface area (TPSA) is 121 Å². The van der Waals surface area contributed by atoms with Gasteiger partial charge in [-0.3, -0.25) is 14.6 Å². The van der Waals surface area contributed by atoms with E-state index in [1.54, 1.807) is 42.6 Å². The Hall–Kier alpha value is -3.72. The first-order valence-corrected chi connectivity index (χ1v) is 10.4. The molecule has 0 unspecified atom stereocenters. The molecule has 0 saturated heterocycles. The molecule has 0 bridgehead atoms. The molecule has 3 N–H and O–H groups in total. The summed E-state index contributed by atoms with van der Waals surface area (Å²) in [5.74, 6) is -1.09. The summed E-state index contributed by atoms with van der Waals surface area (Å²) in [4.78, 5) is 41.7. The number of nitrogens with two attached hydrogens (primary N) is 1. The molecule has 2 aromatic heterocycles. The van der Waals surface area contributed by atoms with Crippen LogP contribution in [0.2, 0.25) is 0 Å². The summed E-state index contributed by atoms with van der Waals surface area (Å²) in [5, 5.41) is 3.05. The highest BCUT2D eigenvalue weighted by molar-refractivity contribution is 7.17. The molecule has 0 fully saturated rings. The number of rotatable bonds is 7. The van der Waals surface area contributed by atoms with Gasteiger partial charge in [-0.2, -0.15) is 0 Å². The van der Waals surface area contributed by atoms with Crippen LogP contribution in [0, 0.1) is 0 Å². The second kappa shape index (κ2) is 8.97. The van der Waals surface area contributed by atoms with E-state index < -0.39 is 24.4 Å². The Balaban J connectivity index is 1.41. The first-order chi connectivity index (χ1) is 15.0. The minimum Gasteiger partial charge on any atom is -0.455 e. The molecule has 31 heavy (non-hydrogen) atoms. The van der Waals surface area contributed by atoms with Gasteiger partial charge in [0.1, 0.15) is 22.1 Å². The highest BCUT2D eigenvalue weighted by atomic mass is 32.1. The standard InChI is InChI=1S/C22H19N3O5S/c23-20(27)19-15-7-3-9-17(15)31-21(19)25-18(26)12-29-22(28)14-6-1-2-8-16(14)30-13-5-4-10-24-11-13/h1-2,4-6,8,10-11H,3,7,9,12H2,(H2,23,27)(H,25,26). The summed E-state index contributed by atoms with van der Waals surface area (Å²) >= 11 is 1.34. The van der Waals surface area contributed by atoms with Crippen molar-refractivity contribution in [2.24, 2.45) is 5.73 Å². The number of amides is 2. The molecule has 2 heterocycles. The van der Waals surface area contributed by atoms with E-state index in [4.69, 9.17) is 15.2 Å². The number of primary amides is 1. The Morgan fingerprint density at radius 1 is 1.13 bits per heavy atom. The number of hydrogen-bond donors (Lipinski definition) is 2. The number of aromatic nitrogens is 1.